The molecule has 1 amide bonds. The van der Waals surface area contributed by atoms with Gasteiger partial charge in [0, 0.05) is 20.3 Å². The number of aryl methyl sites for hydroxylation is 2. The number of rotatable bonds is 2. The highest BCUT2D eigenvalue weighted by Gasteiger charge is 2.29. The summed E-state index contributed by atoms with van der Waals surface area (Å²) in [6.07, 6.45) is 5.12. The van der Waals surface area contributed by atoms with Gasteiger partial charge in [0.15, 0.2) is 0 Å². The molecule has 1 aromatic heterocycles. The Balaban J connectivity index is 1.87. The molecule has 5 heteroatoms. The zero-order valence-electron chi connectivity index (χ0n) is 12.1. The monoisotopic (exact) mass is 280 g/mol. The first kappa shape index (κ1) is 13.4. The Kier molecular flexibility index (Phi) is 3.22. The Hall–Kier alpha value is -2.61. The molecule has 106 valence electrons. The Bertz CT molecular complexity index is 741. The van der Waals surface area contributed by atoms with Gasteiger partial charge in [-0.25, -0.2) is 0 Å². The zero-order chi connectivity index (χ0) is 15.0. The zero-order valence-corrected chi connectivity index (χ0v) is 12.1. The molecule has 0 saturated heterocycles. The minimum absolute atomic E-state index is 0.0229. The maximum absolute atomic E-state index is 12.5. The number of carbonyl (C=O) groups excluding carboxylic acids is 1. The smallest absolute Gasteiger partial charge is 0.257 e. The van der Waals surface area contributed by atoms with Crippen molar-refractivity contribution in [2.24, 2.45) is 7.05 Å². The van der Waals surface area contributed by atoms with Crippen LogP contribution in [0.15, 0.2) is 30.6 Å². The van der Waals surface area contributed by atoms with E-state index in [1.807, 2.05) is 25.2 Å². The molecule has 5 nitrogen and oxygen atoms in total. The number of benzene rings is 1. The van der Waals surface area contributed by atoms with Gasteiger partial charge in [0.25, 0.3) is 5.91 Å². The van der Waals surface area contributed by atoms with E-state index in [-0.39, 0.29) is 11.9 Å². The largest absolute Gasteiger partial charge is 0.335 e. The topological polar surface area (TPSA) is 61.9 Å². The second-order valence-electron chi connectivity index (χ2n) is 5.40. The quantitative estimate of drug-likeness (QED) is 0.845. The summed E-state index contributed by atoms with van der Waals surface area (Å²) >= 11 is 0. The summed E-state index contributed by atoms with van der Waals surface area (Å²) < 4.78 is 1.63. The van der Waals surface area contributed by atoms with Crippen molar-refractivity contribution >= 4 is 5.91 Å². The summed E-state index contributed by atoms with van der Waals surface area (Å²) in [6.45, 7) is 0. The molecule has 0 aliphatic heterocycles. The van der Waals surface area contributed by atoms with Crippen LogP contribution in [0, 0.1) is 11.3 Å². The average Bonchev–Trinajstić information content (AvgIpc) is 3.11. The molecule has 0 fully saturated rings. The average molecular weight is 280 g/mol. The standard InChI is InChI=1S/C16H16N4O/c1-19-10-13(9-18-19)16(21)20(2)15-6-4-12-7-11(8-17)3-5-14(12)15/h3,5,7,9-10,15H,4,6H2,1-2H3/t15-/m1/s1. The molecule has 2 aromatic rings. The summed E-state index contributed by atoms with van der Waals surface area (Å²) in [5.41, 5.74) is 3.59. The normalized spacial score (nSPS) is 16.3. The fraction of sp³-hybridized carbons (Fsp3) is 0.312. The van der Waals surface area contributed by atoms with E-state index >= 15 is 0 Å². The molecule has 1 aliphatic rings. The molecular weight excluding hydrogens is 264 g/mol. The molecule has 0 spiro atoms. The molecule has 0 saturated carbocycles. The van der Waals surface area contributed by atoms with E-state index in [0.717, 1.165) is 18.4 Å². The third-order valence-corrected chi connectivity index (χ3v) is 4.06. The van der Waals surface area contributed by atoms with Crippen LogP contribution in [-0.2, 0) is 13.5 Å². The van der Waals surface area contributed by atoms with Crippen LogP contribution in [0.5, 0.6) is 0 Å². The van der Waals surface area contributed by atoms with Gasteiger partial charge in [0.2, 0.25) is 0 Å². The number of fused-ring (bicyclic) bond motifs is 1. The van der Waals surface area contributed by atoms with E-state index in [4.69, 9.17) is 5.26 Å². The van der Waals surface area contributed by atoms with Crippen LogP contribution in [0.3, 0.4) is 0 Å². The first-order chi connectivity index (χ1) is 10.1. The van der Waals surface area contributed by atoms with E-state index < -0.39 is 0 Å². The number of nitriles is 1. The summed E-state index contributed by atoms with van der Waals surface area (Å²) in [5, 5.41) is 13.0. The Morgan fingerprint density at radius 3 is 3.00 bits per heavy atom. The minimum Gasteiger partial charge on any atom is -0.335 e. The van der Waals surface area contributed by atoms with Gasteiger partial charge in [-0.05, 0) is 36.1 Å². The molecular formula is C16H16N4O. The van der Waals surface area contributed by atoms with Crippen molar-refractivity contribution < 1.29 is 4.79 Å². The summed E-state index contributed by atoms with van der Waals surface area (Å²) in [7, 11) is 3.62. The van der Waals surface area contributed by atoms with Crippen molar-refractivity contribution in [1.29, 1.82) is 5.26 Å². The lowest BCUT2D eigenvalue weighted by Gasteiger charge is -2.25. The minimum atomic E-state index is -0.0229. The molecule has 1 aromatic carbocycles. The van der Waals surface area contributed by atoms with Gasteiger partial charge in [-0.3, -0.25) is 9.48 Å². The number of amides is 1. The highest BCUT2D eigenvalue weighted by Crippen LogP contribution is 2.36. The molecule has 0 radical (unpaired) electrons. The summed E-state index contributed by atoms with van der Waals surface area (Å²) in [4.78, 5) is 14.3. The van der Waals surface area contributed by atoms with Crippen molar-refractivity contribution in [2.45, 2.75) is 18.9 Å². The fourth-order valence-electron chi connectivity index (χ4n) is 2.94. The number of hydrogen-bond acceptors (Lipinski definition) is 3. The van der Waals surface area contributed by atoms with Crippen LogP contribution in [0.2, 0.25) is 0 Å². The van der Waals surface area contributed by atoms with Crippen molar-refractivity contribution in [3.05, 3.63) is 52.8 Å². The summed E-state index contributed by atoms with van der Waals surface area (Å²) in [6, 6.07) is 7.95. The van der Waals surface area contributed by atoms with E-state index in [0.29, 0.717) is 11.1 Å². The maximum atomic E-state index is 12.5. The van der Waals surface area contributed by atoms with Crippen molar-refractivity contribution in [1.82, 2.24) is 14.7 Å². The Labute approximate surface area is 123 Å². The van der Waals surface area contributed by atoms with Crippen LogP contribution in [0.25, 0.3) is 0 Å². The summed E-state index contributed by atoms with van der Waals surface area (Å²) in [5.74, 6) is -0.0229. The van der Waals surface area contributed by atoms with Gasteiger partial charge in [0.1, 0.15) is 0 Å². The lowest BCUT2D eigenvalue weighted by Crippen LogP contribution is -2.29. The predicted octanol–water partition coefficient (Wildman–Crippen LogP) is 2.05. The number of nitrogens with zero attached hydrogens (tertiary/aromatic N) is 4. The van der Waals surface area contributed by atoms with Crippen LogP contribution < -0.4 is 0 Å². The molecule has 0 unspecified atom stereocenters. The molecule has 0 N–H and O–H groups in total. The van der Waals surface area contributed by atoms with E-state index in [1.165, 1.54) is 5.56 Å². The second kappa shape index (κ2) is 5.06. The van der Waals surface area contributed by atoms with Gasteiger partial charge in [-0.15, -0.1) is 0 Å². The van der Waals surface area contributed by atoms with Crippen molar-refractivity contribution in [3.63, 3.8) is 0 Å². The Morgan fingerprint density at radius 1 is 1.52 bits per heavy atom. The predicted molar refractivity (Wildman–Crippen MR) is 77.5 cm³/mol. The van der Waals surface area contributed by atoms with Gasteiger partial charge in [0.05, 0.1) is 29.4 Å². The molecule has 1 aliphatic carbocycles. The lowest BCUT2D eigenvalue weighted by atomic mass is 10.0. The van der Waals surface area contributed by atoms with Crippen LogP contribution in [0.1, 0.15) is 39.5 Å². The van der Waals surface area contributed by atoms with Crippen LogP contribution >= 0.6 is 0 Å². The van der Waals surface area contributed by atoms with Gasteiger partial charge >= 0.3 is 0 Å². The lowest BCUT2D eigenvalue weighted by molar-refractivity contribution is 0.0730. The highest BCUT2D eigenvalue weighted by atomic mass is 16.2. The third kappa shape index (κ3) is 2.29. The highest BCUT2D eigenvalue weighted by molar-refractivity contribution is 5.93. The fourth-order valence-corrected chi connectivity index (χ4v) is 2.94. The van der Waals surface area contributed by atoms with Crippen molar-refractivity contribution in [3.8, 4) is 6.07 Å². The van der Waals surface area contributed by atoms with Gasteiger partial charge in [-0.1, -0.05) is 6.07 Å². The van der Waals surface area contributed by atoms with Crippen molar-refractivity contribution in [2.75, 3.05) is 7.05 Å². The van der Waals surface area contributed by atoms with Gasteiger partial charge in [-0.2, -0.15) is 10.4 Å². The van der Waals surface area contributed by atoms with Crippen LogP contribution in [0.4, 0.5) is 0 Å². The molecule has 0 bridgehead atoms. The molecule has 1 heterocycles. The first-order valence-electron chi connectivity index (χ1n) is 6.89. The first-order valence-corrected chi connectivity index (χ1v) is 6.89. The molecule has 21 heavy (non-hydrogen) atoms. The third-order valence-electron chi connectivity index (χ3n) is 4.06. The number of carbonyl (C=O) groups is 1. The van der Waals surface area contributed by atoms with E-state index in [1.54, 1.807) is 29.0 Å². The number of hydrogen-bond donors (Lipinski definition) is 0. The van der Waals surface area contributed by atoms with E-state index in [9.17, 15) is 4.79 Å². The Morgan fingerprint density at radius 2 is 2.33 bits per heavy atom. The molecule has 1 atom stereocenters. The number of aromatic nitrogens is 2. The molecule has 3 rings (SSSR count). The second-order valence-corrected chi connectivity index (χ2v) is 5.40. The SMILES string of the molecule is CN(C(=O)c1cnn(C)c1)[C@@H]1CCc2cc(C#N)ccc21. The van der Waals surface area contributed by atoms with Gasteiger partial charge < -0.3 is 4.90 Å². The van der Waals surface area contributed by atoms with E-state index in [2.05, 4.69) is 11.2 Å². The maximum Gasteiger partial charge on any atom is 0.257 e. The van der Waals surface area contributed by atoms with Crippen LogP contribution in [-0.4, -0.2) is 27.6 Å².